The molecule has 5 rings (SSSR count). The van der Waals surface area contributed by atoms with Gasteiger partial charge in [0.15, 0.2) is 0 Å². The van der Waals surface area contributed by atoms with Crippen LogP contribution in [0.4, 0.5) is 0 Å². The number of carbonyl (C=O) groups excluding carboxylic acids is 1. The molecule has 1 amide bonds. The molecule has 0 radical (unpaired) electrons. The summed E-state index contributed by atoms with van der Waals surface area (Å²) in [5.74, 6) is 1.92. The Balaban J connectivity index is 1.49. The Labute approximate surface area is 185 Å². The summed E-state index contributed by atoms with van der Waals surface area (Å²) in [5.41, 5.74) is 2.09. The first-order valence-electron chi connectivity index (χ1n) is 11.8. The van der Waals surface area contributed by atoms with Crippen LogP contribution in [0.25, 0.3) is 0 Å². The predicted octanol–water partition coefficient (Wildman–Crippen LogP) is 4.93. The first-order valence-corrected chi connectivity index (χ1v) is 11.8. The highest BCUT2D eigenvalue weighted by Gasteiger charge is 2.51. The van der Waals surface area contributed by atoms with Gasteiger partial charge in [-0.05, 0) is 42.5 Å². The summed E-state index contributed by atoms with van der Waals surface area (Å²) in [6.45, 7) is 2.31. The van der Waals surface area contributed by atoms with Crippen LogP contribution in [0.1, 0.15) is 55.6 Å². The zero-order valence-electron chi connectivity index (χ0n) is 18.5. The molecule has 0 unspecified atom stereocenters. The van der Waals surface area contributed by atoms with Crippen molar-refractivity contribution in [1.29, 1.82) is 0 Å². The van der Waals surface area contributed by atoms with Gasteiger partial charge in [0.1, 0.15) is 5.75 Å². The average molecular weight is 420 g/mol. The zero-order chi connectivity index (χ0) is 21.3. The minimum Gasteiger partial charge on any atom is -0.497 e. The Morgan fingerprint density at radius 2 is 1.77 bits per heavy atom. The average Bonchev–Trinajstić information content (AvgIpc) is 3.24. The van der Waals surface area contributed by atoms with Crippen LogP contribution < -0.4 is 4.74 Å². The third kappa shape index (κ3) is 3.65. The molecule has 3 atom stereocenters. The van der Waals surface area contributed by atoms with E-state index in [4.69, 9.17) is 9.47 Å². The molecular formula is C27H33NO3. The minimum absolute atomic E-state index is 0.281. The van der Waals surface area contributed by atoms with Gasteiger partial charge in [0.05, 0.1) is 19.1 Å². The summed E-state index contributed by atoms with van der Waals surface area (Å²) in [6, 6.07) is 19.2. The van der Waals surface area contributed by atoms with Gasteiger partial charge < -0.3 is 14.4 Å². The van der Waals surface area contributed by atoms with Crippen molar-refractivity contribution in [2.45, 2.75) is 55.9 Å². The molecule has 4 heteroatoms. The number of carbonyl (C=O) groups is 1. The van der Waals surface area contributed by atoms with Crippen LogP contribution in [-0.4, -0.2) is 43.7 Å². The molecule has 0 spiro atoms. The molecule has 1 aliphatic carbocycles. The summed E-state index contributed by atoms with van der Waals surface area (Å²) in [6.07, 6.45) is 6.28. The standard InChI is InChI=1S/C27H33NO3/c1-30-22-12-10-21(11-13-22)27(15-6-3-7-16-27)26(29)28-18-23(20-8-4-2-5-9-20)24-19-31-17-14-25(24)28/h2,4-5,8-13,23-25H,3,6-7,14-19H2,1H3/t23-,24-,25-/m1/s1. The molecule has 3 aliphatic rings. The summed E-state index contributed by atoms with van der Waals surface area (Å²) < 4.78 is 11.3. The Morgan fingerprint density at radius 3 is 2.48 bits per heavy atom. The van der Waals surface area contributed by atoms with E-state index in [-0.39, 0.29) is 6.04 Å². The number of likely N-dealkylation sites (tertiary alicyclic amines) is 1. The number of methoxy groups -OCH3 is 1. The SMILES string of the molecule is COc1ccc(C2(C(=O)N3C[C@H](c4ccccc4)[C@H]4COCC[C@H]43)CCCCC2)cc1. The predicted molar refractivity (Wildman–Crippen MR) is 121 cm³/mol. The number of ether oxygens (including phenoxy) is 2. The number of fused-ring (bicyclic) bond motifs is 1. The molecule has 2 aromatic rings. The van der Waals surface area contributed by atoms with Crippen molar-refractivity contribution in [3.05, 3.63) is 65.7 Å². The molecular weight excluding hydrogens is 386 g/mol. The quantitative estimate of drug-likeness (QED) is 0.705. The minimum atomic E-state index is -0.404. The topological polar surface area (TPSA) is 38.8 Å². The summed E-state index contributed by atoms with van der Waals surface area (Å²) in [4.78, 5) is 16.6. The van der Waals surface area contributed by atoms with E-state index in [1.807, 2.05) is 12.1 Å². The first-order chi connectivity index (χ1) is 15.2. The van der Waals surface area contributed by atoms with Crippen LogP contribution in [0.2, 0.25) is 0 Å². The van der Waals surface area contributed by atoms with E-state index in [1.165, 1.54) is 12.0 Å². The second kappa shape index (κ2) is 8.66. The van der Waals surface area contributed by atoms with Gasteiger partial charge >= 0.3 is 0 Å². The molecule has 3 fully saturated rings. The van der Waals surface area contributed by atoms with Gasteiger partial charge in [0, 0.05) is 31.0 Å². The molecule has 0 aromatic heterocycles. The van der Waals surface area contributed by atoms with E-state index in [0.717, 1.165) is 63.2 Å². The van der Waals surface area contributed by atoms with Crippen LogP contribution in [0.3, 0.4) is 0 Å². The van der Waals surface area contributed by atoms with Gasteiger partial charge in [-0.15, -0.1) is 0 Å². The smallest absolute Gasteiger partial charge is 0.233 e. The molecule has 2 saturated heterocycles. The third-order valence-corrected chi connectivity index (χ3v) is 7.92. The van der Waals surface area contributed by atoms with Crippen molar-refractivity contribution in [2.75, 3.05) is 26.9 Å². The maximum atomic E-state index is 14.4. The lowest BCUT2D eigenvalue weighted by molar-refractivity contribution is -0.141. The number of hydrogen-bond acceptors (Lipinski definition) is 3. The van der Waals surface area contributed by atoms with Crippen LogP contribution in [-0.2, 0) is 14.9 Å². The van der Waals surface area contributed by atoms with Crippen molar-refractivity contribution in [3.8, 4) is 5.75 Å². The van der Waals surface area contributed by atoms with E-state index in [9.17, 15) is 4.79 Å². The summed E-state index contributed by atoms with van der Waals surface area (Å²) in [5, 5.41) is 0. The van der Waals surface area contributed by atoms with Gasteiger partial charge in [-0.25, -0.2) is 0 Å². The van der Waals surface area contributed by atoms with Gasteiger partial charge in [0.25, 0.3) is 0 Å². The number of benzene rings is 2. The van der Waals surface area contributed by atoms with Crippen LogP contribution >= 0.6 is 0 Å². The highest BCUT2D eigenvalue weighted by molar-refractivity contribution is 5.89. The van der Waals surface area contributed by atoms with E-state index in [1.54, 1.807) is 7.11 Å². The second-order valence-electron chi connectivity index (χ2n) is 9.44. The van der Waals surface area contributed by atoms with Gasteiger partial charge in [-0.2, -0.15) is 0 Å². The monoisotopic (exact) mass is 419 g/mol. The molecule has 2 heterocycles. The van der Waals surface area contributed by atoms with Crippen molar-refractivity contribution >= 4 is 5.91 Å². The fourth-order valence-corrected chi connectivity index (χ4v) is 6.26. The Hall–Kier alpha value is -2.33. The van der Waals surface area contributed by atoms with Gasteiger partial charge in [-0.3, -0.25) is 4.79 Å². The van der Waals surface area contributed by atoms with Crippen LogP contribution in [0.5, 0.6) is 5.75 Å². The maximum Gasteiger partial charge on any atom is 0.233 e. The molecule has 4 nitrogen and oxygen atoms in total. The Bertz CT molecular complexity index is 888. The molecule has 2 aromatic carbocycles. The first kappa shape index (κ1) is 20.6. The number of rotatable bonds is 4. The van der Waals surface area contributed by atoms with E-state index < -0.39 is 5.41 Å². The van der Waals surface area contributed by atoms with Gasteiger partial charge in [0.2, 0.25) is 5.91 Å². The number of amides is 1. The van der Waals surface area contributed by atoms with Crippen LogP contribution in [0, 0.1) is 5.92 Å². The normalized spacial score (nSPS) is 27.5. The maximum absolute atomic E-state index is 14.4. The molecule has 0 N–H and O–H groups in total. The number of hydrogen-bond donors (Lipinski definition) is 0. The Kier molecular flexibility index (Phi) is 5.75. The summed E-state index contributed by atoms with van der Waals surface area (Å²) >= 11 is 0. The highest BCUT2D eigenvalue weighted by Crippen LogP contribution is 2.47. The molecule has 1 saturated carbocycles. The molecule has 0 bridgehead atoms. The lowest BCUT2D eigenvalue weighted by Gasteiger charge is -2.42. The fraction of sp³-hybridized carbons (Fsp3) is 0.519. The third-order valence-electron chi connectivity index (χ3n) is 7.92. The second-order valence-corrected chi connectivity index (χ2v) is 9.44. The van der Waals surface area contributed by atoms with E-state index in [2.05, 4.69) is 47.4 Å². The lowest BCUT2D eigenvalue weighted by Crippen LogP contribution is -2.51. The fourth-order valence-electron chi connectivity index (χ4n) is 6.26. The van der Waals surface area contributed by atoms with Crippen LogP contribution in [0.15, 0.2) is 54.6 Å². The molecule has 164 valence electrons. The van der Waals surface area contributed by atoms with E-state index >= 15 is 0 Å². The zero-order valence-corrected chi connectivity index (χ0v) is 18.5. The van der Waals surface area contributed by atoms with Crippen molar-refractivity contribution in [1.82, 2.24) is 4.90 Å². The van der Waals surface area contributed by atoms with Crippen molar-refractivity contribution in [2.24, 2.45) is 5.92 Å². The van der Waals surface area contributed by atoms with Crippen molar-refractivity contribution < 1.29 is 14.3 Å². The Morgan fingerprint density at radius 1 is 1.03 bits per heavy atom. The largest absolute Gasteiger partial charge is 0.497 e. The molecule has 2 aliphatic heterocycles. The van der Waals surface area contributed by atoms with Gasteiger partial charge in [-0.1, -0.05) is 61.7 Å². The molecule has 31 heavy (non-hydrogen) atoms. The highest BCUT2D eigenvalue weighted by atomic mass is 16.5. The number of nitrogens with zero attached hydrogens (tertiary/aromatic N) is 1. The van der Waals surface area contributed by atoms with Crippen molar-refractivity contribution in [3.63, 3.8) is 0 Å². The lowest BCUT2D eigenvalue weighted by atomic mass is 9.68. The summed E-state index contributed by atoms with van der Waals surface area (Å²) in [7, 11) is 1.69. The van der Waals surface area contributed by atoms with E-state index in [0.29, 0.717) is 17.7 Å².